The molecule has 0 atom stereocenters. The van der Waals surface area contributed by atoms with Crippen molar-refractivity contribution in [3.05, 3.63) is 48.0 Å². The Labute approximate surface area is 116 Å². The van der Waals surface area contributed by atoms with Crippen LogP contribution in [-0.4, -0.2) is 25.0 Å². The summed E-state index contributed by atoms with van der Waals surface area (Å²) < 4.78 is 32.2. The Morgan fingerprint density at radius 1 is 1.30 bits per heavy atom. The van der Waals surface area contributed by atoms with E-state index in [-0.39, 0.29) is 4.90 Å². The predicted octanol–water partition coefficient (Wildman–Crippen LogP) is 1.35. The van der Waals surface area contributed by atoms with Gasteiger partial charge < -0.3 is 4.74 Å². The fourth-order valence-corrected chi connectivity index (χ4v) is 3.01. The van der Waals surface area contributed by atoms with Crippen LogP contribution >= 0.6 is 0 Å². The number of nitrogens with zero attached hydrogens (tertiary/aromatic N) is 2. The first kappa shape index (κ1) is 13.0. The average Bonchev–Trinajstić information content (AvgIpc) is 2.48. The first-order valence-corrected chi connectivity index (χ1v) is 7.62. The highest BCUT2D eigenvalue weighted by Crippen LogP contribution is 2.20. The molecule has 0 unspecified atom stereocenters. The lowest BCUT2D eigenvalue weighted by Crippen LogP contribution is -2.16. The second-order valence-corrected chi connectivity index (χ2v) is 6.11. The highest BCUT2D eigenvalue weighted by Gasteiger charge is 2.16. The predicted molar refractivity (Wildman–Crippen MR) is 72.6 cm³/mol. The normalized spacial score (nSPS) is 14.6. The first-order valence-electron chi connectivity index (χ1n) is 6.13. The lowest BCUT2D eigenvalue weighted by atomic mass is 10.1. The summed E-state index contributed by atoms with van der Waals surface area (Å²) in [5, 5.41) is 0. The van der Waals surface area contributed by atoms with Gasteiger partial charge in [0.1, 0.15) is 4.90 Å². The molecule has 7 heteroatoms. The van der Waals surface area contributed by atoms with Crippen LogP contribution in [0.2, 0.25) is 0 Å². The van der Waals surface area contributed by atoms with Crippen LogP contribution in [0.15, 0.2) is 41.7 Å². The summed E-state index contributed by atoms with van der Waals surface area (Å²) in [6.07, 6.45) is 5.11. The van der Waals surface area contributed by atoms with E-state index in [1.54, 1.807) is 12.1 Å². The third kappa shape index (κ3) is 2.63. The van der Waals surface area contributed by atoms with Crippen molar-refractivity contribution in [3.8, 4) is 0 Å². The molecule has 0 aromatic carbocycles. The number of aromatic nitrogens is 2. The molecule has 1 N–H and O–H groups in total. The third-order valence-corrected chi connectivity index (χ3v) is 4.36. The zero-order valence-corrected chi connectivity index (χ0v) is 11.4. The van der Waals surface area contributed by atoms with Gasteiger partial charge in [0, 0.05) is 30.1 Å². The summed E-state index contributed by atoms with van der Waals surface area (Å²) in [6, 6.07) is 4.83. The molecule has 0 saturated heterocycles. The van der Waals surface area contributed by atoms with Crippen molar-refractivity contribution in [2.45, 2.75) is 17.9 Å². The molecular formula is C13H13N3O3S. The summed E-state index contributed by atoms with van der Waals surface area (Å²) in [5.41, 5.74) is 2.31. The molecule has 20 heavy (non-hydrogen) atoms. The van der Waals surface area contributed by atoms with Crippen LogP contribution in [0.25, 0.3) is 0 Å². The van der Waals surface area contributed by atoms with Gasteiger partial charge in [0.05, 0.1) is 25.1 Å². The van der Waals surface area contributed by atoms with E-state index in [0.29, 0.717) is 18.9 Å². The number of ether oxygens (including phenoxy) is 1. The maximum atomic E-state index is 12.2. The van der Waals surface area contributed by atoms with E-state index in [1.165, 1.54) is 24.7 Å². The molecule has 0 radical (unpaired) electrons. The van der Waals surface area contributed by atoms with Crippen molar-refractivity contribution >= 4 is 15.7 Å². The minimum atomic E-state index is -3.63. The minimum Gasteiger partial charge on any atom is -0.376 e. The zero-order chi connectivity index (χ0) is 14.0. The fraction of sp³-hybridized carbons (Fsp3) is 0.231. The van der Waals surface area contributed by atoms with Crippen LogP contribution in [0.4, 0.5) is 5.69 Å². The molecule has 2 aromatic heterocycles. The molecule has 0 aliphatic carbocycles. The van der Waals surface area contributed by atoms with E-state index in [1.807, 2.05) is 0 Å². The number of rotatable bonds is 3. The molecule has 0 bridgehead atoms. The number of sulfonamides is 1. The second kappa shape index (κ2) is 5.18. The summed E-state index contributed by atoms with van der Waals surface area (Å²) >= 11 is 0. The molecule has 0 fully saturated rings. The van der Waals surface area contributed by atoms with E-state index >= 15 is 0 Å². The van der Waals surface area contributed by atoms with Gasteiger partial charge in [-0.05, 0) is 18.2 Å². The molecule has 3 rings (SSSR count). The average molecular weight is 291 g/mol. The molecule has 6 nitrogen and oxygen atoms in total. The smallest absolute Gasteiger partial charge is 0.263 e. The van der Waals surface area contributed by atoms with Crippen molar-refractivity contribution in [1.82, 2.24) is 9.97 Å². The Morgan fingerprint density at radius 3 is 3.00 bits per heavy atom. The lowest BCUT2D eigenvalue weighted by molar-refractivity contribution is 0.109. The number of nitrogens with one attached hydrogen (secondary N) is 1. The number of pyridine rings is 2. The summed E-state index contributed by atoms with van der Waals surface area (Å²) in [5.74, 6) is 0. The van der Waals surface area contributed by atoms with Crippen LogP contribution < -0.4 is 4.72 Å². The molecular weight excluding hydrogens is 278 g/mol. The highest BCUT2D eigenvalue weighted by molar-refractivity contribution is 7.92. The quantitative estimate of drug-likeness (QED) is 0.923. The van der Waals surface area contributed by atoms with Crippen molar-refractivity contribution < 1.29 is 13.2 Å². The molecule has 3 heterocycles. The van der Waals surface area contributed by atoms with E-state index in [0.717, 1.165) is 17.7 Å². The number of fused-ring (bicyclic) bond motifs is 1. The van der Waals surface area contributed by atoms with Gasteiger partial charge in [-0.2, -0.15) is 0 Å². The maximum Gasteiger partial charge on any atom is 0.263 e. The van der Waals surface area contributed by atoms with Crippen LogP contribution in [0.3, 0.4) is 0 Å². The minimum absolute atomic E-state index is 0.119. The van der Waals surface area contributed by atoms with E-state index < -0.39 is 10.0 Å². The van der Waals surface area contributed by atoms with Crippen LogP contribution in [0, 0.1) is 0 Å². The Morgan fingerprint density at radius 2 is 2.20 bits per heavy atom. The molecule has 1 aliphatic rings. The standard InChI is InChI=1S/C13H13N3O3S/c17-20(18,12-2-1-4-14-8-12)16-11-6-10-9-19-5-3-13(10)15-7-11/h1-2,4,6-8,16H,3,5,9H2. The van der Waals surface area contributed by atoms with Gasteiger partial charge in [0.15, 0.2) is 0 Å². The van der Waals surface area contributed by atoms with Gasteiger partial charge in [0.2, 0.25) is 0 Å². The zero-order valence-electron chi connectivity index (χ0n) is 10.6. The molecule has 1 aliphatic heterocycles. The Bertz CT molecular complexity index is 717. The van der Waals surface area contributed by atoms with Gasteiger partial charge in [-0.15, -0.1) is 0 Å². The van der Waals surface area contributed by atoms with Crippen LogP contribution in [0.1, 0.15) is 11.3 Å². The molecule has 0 amide bonds. The lowest BCUT2D eigenvalue weighted by Gasteiger charge is -2.16. The van der Waals surface area contributed by atoms with Gasteiger partial charge in [0.25, 0.3) is 10.0 Å². The Hall–Kier alpha value is -1.99. The third-order valence-electron chi connectivity index (χ3n) is 3.00. The Kier molecular flexibility index (Phi) is 3.37. The van der Waals surface area contributed by atoms with Crippen LogP contribution in [0.5, 0.6) is 0 Å². The van der Waals surface area contributed by atoms with Gasteiger partial charge in [-0.3, -0.25) is 14.7 Å². The van der Waals surface area contributed by atoms with Gasteiger partial charge in [-0.25, -0.2) is 8.42 Å². The second-order valence-electron chi connectivity index (χ2n) is 4.43. The Balaban J connectivity index is 1.88. The number of hydrogen-bond acceptors (Lipinski definition) is 5. The largest absolute Gasteiger partial charge is 0.376 e. The highest BCUT2D eigenvalue weighted by atomic mass is 32.2. The maximum absolute atomic E-state index is 12.2. The number of anilines is 1. The molecule has 0 spiro atoms. The molecule has 104 valence electrons. The van der Waals surface area contributed by atoms with E-state index in [9.17, 15) is 8.42 Å². The topological polar surface area (TPSA) is 81.2 Å². The van der Waals surface area contributed by atoms with Crippen LogP contribution in [-0.2, 0) is 27.8 Å². The first-order chi connectivity index (χ1) is 9.65. The van der Waals surface area contributed by atoms with Gasteiger partial charge in [-0.1, -0.05) is 0 Å². The van der Waals surface area contributed by atoms with Crippen molar-refractivity contribution in [3.63, 3.8) is 0 Å². The van der Waals surface area contributed by atoms with E-state index in [2.05, 4.69) is 14.7 Å². The molecule has 2 aromatic rings. The van der Waals surface area contributed by atoms with Crippen molar-refractivity contribution in [2.75, 3.05) is 11.3 Å². The van der Waals surface area contributed by atoms with Crippen molar-refractivity contribution in [2.24, 2.45) is 0 Å². The summed E-state index contributed by atoms with van der Waals surface area (Å²) in [4.78, 5) is 8.20. The number of hydrogen-bond donors (Lipinski definition) is 1. The van der Waals surface area contributed by atoms with Crippen molar-refractivity contribution in [1.29, 1.82) is 0 Å². The van der Waals surface area contributed by atoms with E-state index in [4.69, 9.17) is 4.74 Å². The monoisotopic (exact) mass is 291 g/mol. The fourth-order valence-electron chi connectivity index (χ4n) is 2.02. The van der Waals surface area contributed by atoms with Gasteiger partial charge >= 0.3 is 0 Å². The summed E-state index contributed by atoms with van der Waals surface area (Å²) in [7, 11) is -3.63. The SMILES string of the molecule is O=S(=O)(Nc1cnc2c(c1)COCC2)c1cccnc1. The summed E-state index contributed by atoms with van der Waals surface area (Å²) in [6.45, 7) is 1.12. The molecule has 0 saturated carbocycles.